The summed E-state index contributed by atoms with van der Waals surface area (Å²) in [5, 5.41) is -0.174. The fraction of sp³-hybridized carbons (Fsp3) is 0.333. The highest BCUT2D eigenvalue weighted by Crippen LogP contribution is 2.36. The van der Waals surface area contributed by atoms with Crippen LogP contribution in [-0.4, -0.2) is 13.4 Å². The summed E-state index contributed by atoms with van der Waals surface area (Å²) in [6, 6.07) is 1.97. The summed E-state index contributed by atoms with van der Waals surface area (Å²) in [6.45, 7) is 0. The minimum atomic E-state index is -5.02. The number of rotatable bonds is 2. The van der Waals surface area contributed by atoms with Gasteiger partial charge in [-0.25, -0.2) is 5.06 Å². The lowest BCUT2D eigenvalue weighted by atomic mass is 10.2. The van der Waals surface area contributed by atoms with Crippen LogP contribution >= 0.6 is 11.6 Å². The second-order valence-corrected chi connectivity index (χ2v) is 3.61. The van der Waals surface area contributed by atoms with Crippen molar-refractivity contribution in [2.45, 2.75) is 12.5 Å². The second kappa shape index (κ2) is 4.85. The van der Waals surface area contributed by atoms with E-state index < -0.39 is 23.8 Å². The van der Waals surface area contributed by atoms with Crippen LogP contribution in [0.2, 0.25) is 5.02 Å². The SMILES string of the molecule is CN(OC(F)(F)F)c1cc(C(F)(F)F)ccc1Cl. The molecule has 0 atom stereocenters. The molecule has 0 saturated heterocycles. The van der Waals surface area contributed by atoms with Crippen LogP contribution in [-0.2, 0) is 11.0 Å². The normalized spacial score (nSPS) is 12.7. The molecule has 0 aliphatic carbocycles. The maximum Gasteiger partial charge on any atom is 0.544 e. The zero-order chi connectivity index (χ0) is 14.1. The van der Waals surface area contributed by atoms with Crippen LogP contribution in [0.1, 0.15) is 5.56 Å². The molecule has 0 aromatic heterocycles. The molecule has 0 N–H and O–H groups in total. The number of benzene rings is 1. The molecule has 1 aromatic rings. The molecule has 9 heteroatoms. The van der Waals surface area contributed by atoms with Gasteiger partial charge in [0.25, 0.3) is 0 Å². The predicted molar refractivity (Wildman–Crippen MR) is 52.0 cm³/mol. The van der Waals surface area contributed by atoms with E-state index in [2.05, 4.69) is 4.84 Å². The lowest BCUT2D eigenvalue weighted by Crippen LogP contribution is -2.28. The van der Waals surface area contributed by atoms with E-state index in [-0.39, 0.29) is 10.1 Å². The molecule has 0 aliphatic rings. The largest absolute Gasteiger partial charge is 0.544 e. The van der Waals surface area contributed by atoms with Gasteiger partial charge in [-0.2, -0.15) is 18.0 Å². The molecule has 1 rings (SSSR count). The van der Waals surface area contributed by atoms with Crippen molar-refractivity contribution in [1.29, 1.82) is 0 Å². The first-order chi connectivity index (χ1) is 8.00. The van der Waals surface area contributed by atoms with Gasteiger partial charge < -0.3 is 0 Å². The molecule has 0 unspecified atom stereocenters. The molecule has 0 saturated carbocycles. The van der Waals surface area contributed by atoms with Crippen LogP contribution in [0.4, 0.5) is 32.0 Å². The van der Waals surface area contributed by atoms with Crippen molar-refractivity contribution in [2.75, 3.05) is 12.1 Å². The number of hydroxylamine groups is 1. The van der Waals surface area contributed by atoms with Crippen LogP contribution in [0.15, 0.2) is 18.2 Å². The standard InChI is InChI=1S/C9H6ClF6NO/c1-17(18-9(14,15)16)7-4-5(8(11,12)13)2-3-6(7)10/h2-4H,1H3. The molecule has 0 aliphatic heterocycles. The van der Waals surface area contributed by atoms with Gasteiger partial charge in [-0.05, 0) is 18.2 Å². The summed E-state index contributed by atoms with van der Waals surface area (Å²) < 4.78 is 72.9. The number of alkyl halides is 6. The first-order valence-corrected chi connectivity index (χ1v) is 4.75. The highest BCUT2D eigenvalue weighted by Gasteiger charge is 2.35. The Labute approximate surface area is 103 Å². The molecule has 0 fully saturated rings. The molecule has 102 valence electrons. The maximum atomic E-state index is 12.4. The average Bonchev–Trinajstić information content (AvgIpc) is 2.13. The van der Waals surface area contributed by atoms with Crippen molar-refractivity contribution in [1.82, 2.24) is 0 Å². The third-order valence-corrected chi connectivity index (χ3v) is 2.17. The molecule has 18 heavy (non-hydrogen) atoms. The first kappa shape index (κ1) is 14.9. The minimum Gasteiger partial charge on any atom is -0.247 e. The summed E-state index contributed by atoms with van der Waals surface area (Å²) in [4.78, 5) is 3.45. The fourth-order valence-corrected chi connectivity index (χ4v) is 1.37. The van der Waals surface area contributed by atoms with Crippen LogP contribution in [0.25, 0.3) is 0 Å². The van der Waals surface area contributed by atoms with Crippen molar-refractivity contribution < 1.29 is 31.2 Å². The topological polar surface area (TPSA) is 12.5 Å². The third-order valence-electron chi connectivity index (χ3n) is 1.85. The van der Waals surface area contributed by atoms with E-state index in [4.69, 9.17) is 11.6 Å². The Morgan fingerprint density at radius 3 is 2.11 bits per heavy atom. The Morgan fingerprint density at radius 2 is 1.67 bits per heavy atom. The van der Waals surface area contributed by atoms with E-state index in [9.17, 15) is 26.3 Å². The quantitative estimate of drug-likeness (QED) is 0.597. The summed E-state index contributed by atoms with van der Waals surface area (Å²) in [5.41, 5.74) is -1.66. The smallest absolute Gasteiger partial charge is 0.247 e. The van der Waals surface area contributed by atoms with E-state index in [1.165, 1.54) is 0 Å². The zero-order valence-corrected chi connectivity index (χ0v) is 9.49. The summed E-state index contributed by atoms with van der Waals surface area (Å²) in [5.74, 6) is 0. The van der Waals surface area contributed by atoms with Gasteiger partial charge in [-0.1, -0.05) is 11.6 Å². The van der Waals surface area contributed by atoms with Gasteiger partial charge in [-0.3, -0.25) is 0 Å². The van der Waals surface area contributed by atoms with Crippen LogP contribution in [0.3, 0.4) is 0 Å². The lowest BCUT2D eigenvalue weighted by molar-refractivity contribution is -0.328. The average molecular weight is 294 g/mol. The highest BCUT2D eigenvalue weighted by atomic mass is 35.5. The highest BCUT2D eigenvalue weighted by molar-refractivity contribution is 6.33. The van der Waals surface area contributed by atoms with Crippen molar-refractivity contribution in [3.63, 3.8) is 0 Å². The van der Waals surface area contributed by atoms with Gasteiger partial charge >= 0.3 is 12.5 Å². The first-order valence-electron chi connectivity index (χ1n) is 4.37. The van der Waals surface area contributed by atoms with E-state index in [1.54, 1.807) is 0 Å². The molecule has 0 spiro atoms. The Bertz CT molecular complexity index is 430. The number of nitrogens with zero attached hydrogens (tertiary/aromatic N) is 1. The van der Waals surface area contributed by atoms with Crippen molar-refractivity contribution >= 4 is 17.3 Å². The number of hydrogen-bond acceptors (Lipinski definition) is 2. The van der Waals surface area contributed by atoms with E-state index in [0.29, 0.717) is 12.1 Å². The van der Waals surface area contributed by atoms with Gasteiger partial charge in [0.05, 0.1) is 16.3 Å². The molecule has 0 bridgehead atoms. The van der Waals surface area contributed by atoms with Crippen LogP contribution < -0.4 is 5.06 Å². The number of hydrogen-bond donors (Lipinski definition) is 0. The Balaban J connectivity index is 3.08. The van der Waals surface area contributed by atoms with Crippen molar-refractivity contribution in [2.24, 2.45) is 0 Å². The van der Waals surface area contributed by atoms with Crippen molar-refractivity contribution in [3.05, 3.63) is 28.8 Å². The number of halogens is 7. The Hall–Kier alpha value is -1.15. The lowest BCUT2D eigenvalue weighted by Gasteiger charge is -2.21. The summed E-state index contributed by atoms with van der Waals surface area (Å²) >= 11 is 5.51. The molecular weight excluding hydrogens is 288 g/mol. The Morgan fingerprint density at radius 1 is 1.11 bits per heavy atom. The molecule has 0 heterocycles. The molecule has 2 nitrogen and oxygen atoms in total. The maximum absolute atomic E-state index is 12.4. The second-order valence-electron chi connectivity index (χ2n) is 3.20. The molecular formula is C9H6ClF6NO. The van der Waals surface area contributed by atoms with E-state index in [1.807, 2.05) is 0 Å². The van der Waals surface area contributed by atoms with Gasteiger partial charge in [0.2, 0.25) is 0 Å². The van der Waals surface area contributed by atoms with Crippen LogP contribution in [0.5, 0.6) is 0 Å². The zero-order valence-electron chi connectivity index (χ0n) is 8.73. The van der Waals surface area contributed by atoms with Gasteiger partial charge in [-0.15, -0.1) is 13.2 Å². The Kier molecular flexibility index (Phi) is 4.02. The van der Waals surface area contributed by atoms with Crippen LogP contribution in [0, 0.1) is 0 Å². The van der Waals surface area contributed by atoms with Gasteiger partial charge in [0.1, 0.15) is 0 Å². The molecule has 1 aromatic carbocycles. The minimum absolute atomic E-state index is 0.123. The monoisotopic (exact) mass is 293 g/mol. The fourth-order valence-electron chi connectivity index (χ4n) is 1.13. The third kappa shape index (κ3) is 3.95. The number of anilines is 1. The molecule has 0 amide bonds. The predicted octanol–water partition coefficient (Wildman–Crippen LogP) is 4.25. The summed E-state index contributed by atoms with van der Waals surface area (Å²) in [7, 11) is 0.800. The summed E-state index contributed by atoms with van der Waals surface area (Å²) in [6.07, 6.45) is -9.70. The van der Waals surface area contributed by atoms with E-state index >= 15 is 0 Å². The van der Waals surface area contributed by atoms with Gasteiger partial charge in [0, 0.05) is 7.05 Å². The van der Waals surface area contributed by atoms with Crippen molar-refractivity contribution in [3.8, 4) is 0 Å². The van der Waals surface area contributed by atoms with E-state index in [0.717, 1.165) is 13.1 Å². The van der Waals surface area contributed by atoms with Gasteiger partial charge in [0.15, 0.2) is 0 Å². The molecule has 0 radical (unpaired) electrons.